The van der Waals surface area contributed by atoms with Crippen LogP contribution in [0.25, 0.3) is 49.9 Å². The number of aryl methyl sites for hydroxylation is 1. The molecule has 2 heterocycles. The van der Waals surface area contributed by atoms with Gasteiger partial charge in [-0.3, -0.25) is 0 Å². The van der Waals surface area contributed by atoms with Crippen LogP contribution in [0, 0.1) is 6.92 Å². The lowest BCUT2D eigenvalue weighted by atomic mass is 9.93. The molecule has 164 valence electrons. The number of benzene rings is 4. The first-order valence-corrected chi connectivity index (χ1v) is 11.4. The summed E-state index contributed by atoms with van der Waals surface area (Å²) in [5.74, 6) is 0.838. The Labute approximate surface area is 198 Å². The first-order chi connectivity index (χ1) is 16.7. The Hall–Kier alpha value is -4.37. The summed E-state index contributed by atoms with van der Waals surface area (Å²) in [6, 6.07) is 38.2. The Balaban J connectivity index is 1.73. The van der Waals surface area contributed by atoms with Crippen molar-refractivity contribution in [2.75, 3.05) is 7.11 Å². The van der Waals surface area contributed by atoms with Gasteiger partial charge in [0.1, 0.15) is 5.75 Å². The van der Waals surface area contributed by atoms with E-state index in [1.807, 2.05) is 12.1 Å². The third-order valence-electron chi connectivity index (χ3n) is 6.40. The van der Waals surface area contributed by atoms with Crippen molar-refractivity contribution >= 4 is 16.3 Å². The van der Waals surface area contributed by atoms with Gasteiger partial charge in [0.2, 0.25) is 0 Å². The summed E-state index contributed by atoms with van der Waals surface area (Å²) in [6.45, 7) is 2.12. The maximum Gasteiger partial charge on any atom is 0.118 e. The molecule has 0 amide bonds. The zero-order chi connectivity index (χ0) is 23.1. The molecule has 0 radical (unpaired) electrons. The Morgan fingerprint density at radius 1 is 0.647 bits per heavy atom. The lowest BCUT2D eigenvalue weighted by Gasteiger charge is -2.17. The molecule has 0 aliphatic rings. The summed E-state index contributed by atoms with van der Waals surface area (Å²) < 4.78 is 7.46. The summed E-state index contributed by atoms with van der Waals surface area (Å²) in [4.78, 5) is 0. The Kier molecular flexibility index (Phi) is 4.88. The molecule has 6 aromatic rings. The molecule has 0 atom stereocenters. The second kappa shape index (κ2) is 8.20. The van der Waals surface area contributed by atoms with E-state index in [1.54, 1.807) is 7.11 Å². The van der Waals surface area contributed by atoms with Crippen LogP contribution < -0.4 is 4.74 Å². The largest absolute Gasteiger partial charge is 0.497 e. The molecule has 4 aromatic carbocycles. The van der Waals surface area contributed by atoms with Crippen LogP contribution >= 0.6 is 0 Å². The Morgan fingerprint density at radius 3 is 2.00 bits per heavy atom. The van der Waals surface area contributed by atoms with Gasteiger partial charge in [-0.1, -0.05) is 84.4 Å². The fourth-order valence-electron chi connectivity index (χ4n) is 4.68. The van der Waals surface area contributed by atoms with E-state index in [-0.39, 0.29) is 0 Å². The first-order valence-electron chi connectivity index (χ1n) is 11.4. The van der Waals surface area contributed by atoms with Crippen LogP contribution in [0.15, 0.2) is 109 Å². The molecule has 34 heavy (non-hydrogen) atoms. The average molecular weight is 441 g/mol. The number of hydrogen-bond acceptors (Lipinski definition) is 2. The minimum absolute atomic E-state index is 0.838. The Bertz CT molecular complexity index is 1610. The summed E-state index contributed by atoms with van der Waals surface area (Å²) in [5.41, 5.74) is 8.95. The number of methoxy groups -OCH3 is 1. The third-order valence-corrected chi connectivity index (χ3v) is 6.40. The van der Waals surface area contributed by atoms with E-state index in [1.165, 1.54) is 27.5 Å². The number of aromatic nitrogens is 2. The zero-order valence-corrected chi connectivity index (χ0v) is 19.2. The Morgan fingerprint density at radius 2 is 1.29 bits per heavy atom. The minimum atomic E-state index is 0.838. The molecule has 3 heteroatoms. The van der Waals surface area contributed by atoms with E-state index in [0.717, 1.165) is 33.8 Å². The van der Waals surface area contributed by atoms with Gasteiger partial charge in [-0.15, -0.1) is 0 Å². The molecule has 2 aromatic heterocycles. The van der Waals surface area contributed by atoms with Gasteiger partial charge in [-0.25, -0.2) is 4.52 Å². The smallest absolute Gasteiger partial charge is 0.118 e. The van der Waals surface area contributed by atoms with E-state index in [2.05, 4.69) is 109 Å². The highest BCUT2D eigenvalue weighted by molar-refractivity contribution is 6.10. The van der Waals surface area contributed by atoms with E-state index in [9.17, 15) is 0 Å². The monoisotopic (exact) mass is 440 g/mol. The average Bonchev–Trinajstić information content (AvgIpc) is 3.34. The molecule has 0 unspecified atom stereocenters. The molecular formula is C31H24N2O. The van der Waals surface area contributed by atoms with Gasteiger partial charge in [0.05, 0.1) is 24.0 Å². The van der Waals surface area contributed by atoms with Crippen molar-refractivity contribution in [1.29, 1.82) is 0 Å². The maximum absolute atomic E-state index is 5.35. The normalized spacial score (nSPS) is 11.2. The summed E-state index contributed by atoms with van der Waals surface area (Å²) >= 11 is 0. The fraction of sp³-hybridized carbons (Fsp3) is 0.0645. The SMILES string of the molecule is COc1ccc(-c2cc3c4ccccc4c(-c4ccc(C)cc4)c(-c4ccccc4)n3n2)cc1. The van der Waals surface area contributed by atoms with Gasteiger partial charge < -0.3 is 4.74 Å². The van der Waals surface area contributed by atoms with Crippen molar-refractivity contribution in [3.05, 3.63) is 115 Å². The van der Waals surface area contributed by atoms with Crippen molar-refractivity contribution < 1.29 is 4.74 Å². The second-order valence-electron chi connectivity index (χ2n) is 8.56. The molecule has 0 aliphatic heterocycles. The number of hydrogen-bond donors (Lipinski definition) is 0. The van der Waals surface area contributed by atoms with Crippen molar-refractivity contribution in [1.82, 2.24) is 9.61 Å². The standard InChI is InChI=1S/C31H24N2O/c1-21-12-14-23(15-13-21)30-27-11-7-6-10-26(27)29-20-28(22-16-18-25(34-2)19-17-22)32-33(29)31(30)24-8-4-3-5-9-24/h3-20H,1-2H3. The molecule has 0 aliphatic carbocycles. The lowest BCUT2D eigenvalue weighted by molar-refractivity contribution is 0.415. The van der Waals surface area contributed by atoms with Gasteiger partial charge in [-0.05, 0) is 48.2 Å². The third kappa shape index (κ3) is 3.34. The van der Waals surface area contributed by atoms with Crippen LogP contribution in [0.4, 0.5) is 0 Å². The van der Waals surface area contributed by atoms with E-state index < -0.39 is 0 Å². The maximum atomic E-state index is 5.35. The van der Waals surface area contributed by atoms with Crippen LogP contribution in [0.1, 0.15) is 5.56 Å². The second-order valence-corrected chi connectivity index (χ2v) is 8.56. The van der Waals surface area contributed by atoms with Gasteiger partial charge in [-0.2, -0.15) is 5.10 Å². The van der Waals surface area contributed by atoms with Crippen LogP contribution in [0.5, 0.6) is 5.75 Å². The topological polar surface area (TPSA) is 26.5 Å². The number of ether oxygens (including phenoxy) is 1. The molecule has 0 bridgehead atoms. The molecular weight excluding hydrogens is 416 g/mol. The number of rotatable bonds is 4. The molecule has 0 fully saturated rings. The molecule has 0 saturated heterocycles. The van der Waals surface area contributed by atoms with Crippen LogP contribution in [-0.2, 0) is 0 Å². The van der Waals surface area contributed by atoms with E-state index in [4.69, 9.17) is 9.84 Å². The molecule has 3 nitrogen and oxygen atoms in total. The van der Waals surface area contributed by atoms with Gasteiger partial charge in [0, 0.05) is 22.1 Å². The van der Waals surface area contributed by atoms with Gasteiger partial charge in [0.25, 0.3) is 0 Å². The number of nitrogens with zero attached hydrogens (tertiary/aromatic N) is 2. The highest BCUT2D eigenvalue weighted by atomic mass is 16.5. The van der Waals surface area contributed by atoms with Gasteiger partial charge in [0.15, 0.2) is 0 Å². The summed E-state index contributed by atoms with van der Waals surface area (Å²) in [6.07, 6.45) is 0. The summed E-state index contributed by atoms with van der Waals surface area (Å²) in [5, 5.41) is 7.55. The molecule has 0 saturated carbocycles. The molecule has 0 spiro atoms. The zero-order valence-electron chi connectivity index (χ0n) is 19.2. The van der Waals surface area contributed by atoms with E-state index >= 15 is 0 Å². The van der Waals surface area contributed by atoms with Crippen LogP contribution in [0.3, 0.4) is 0 Å². The van der Waals surface area contributed by atoms with E-state index in [0.29, 0.717) is 0 Å². The number of fused-ring (bicyclic) bond motifs is 3. The van der Waals surface area contributed by atoms with Crippen LogP contribution in [0.2, 0.25) is 0 Å². The van der Waals surface area contributed by atoms with Crippen molar-refractivity contribution in [2.24, 2.45) is 0 Å². The highest BCUT2D eigenvalue weighted by Crippen LogP contribution is 2.41. The summed E-state index contributed by atoms with van der Waals surface area (Å²) in [7, 11) is 1.69. The minimum Gasteiger partial charge on any atom is -0.497 e. The lowest BCUT2D eigenvalue weighted by Crippen LogP contribution is -2.00. The van der Waals surface area contributed by atoms with Crippen molar-refractivity contribution in [2.45, 2.75) is 6.92 Å². The quantitative estimate of drug-likeness (QED) is 0.279. The van der Waals surface area contributed by atoms with Crippen molar-refractivity contribution in [3.63, 3.8) is 0 Å². The molecule has 6 rings (SSSR count). The molecule has 0 N–H and O–H groups in total. The fourth-order valence-corrected chi connectivity index (χ4v) is 4.68. The first kappa shape index (κ1) is 20.3. The van der Waals surface area contributed by atoms with Crippen LogP contribution in [-0.4, -0.2) is 16.7 Å². The predicted molar refractivity (Wildman–Crippen MR) is 140 cm³/mol. The van der Waals surface area contributed by atoms with Gasteiger partial charge >= 0.3 is 0 Å². The highest BCUT2D eigenvalue weighted by Gasteiger charge is 2.20. The number of pyridine rings is 1. The van der Waals surface area contributed by atoms with Crippen molar-refractivity contribution in [3.8, 4) is 39.4 Å². The predicted octanol–water partition coefficient (Wildman–Crippen LogP) is 7.81.